The van der Waals surface area contributed by atoms with Gasteiger partial charge in [-0.1, -0.05) is 0 Å². The minimum Gasteiger partial charge on any atom is -0.345 e. The first-order valence-corrected chi connectivity index (χ1v) is 10.1. The fraction of sp³-hybridized carbons (Fsp3) is 0.316. The molecule has 1 amide bonds. The van der Waals surface area contributed by atoms with Gasteiger partial charge in [-0.05, 0) is 31.3 Å². The summed E-state index contributed by atoms with van der Waals surface area (Å²) >= 11 is 1.53. The predicted octanol–water partition coefficient (Wildman–Crippen LogP) is 2.89. The van der Waals surface area contributed by atoms with Gasteiger partial charge in [-0.25, -0.2) is 19.9 Å². The van der Waals surface area contributed by atoms with Gasteiger partial charge < -0.3 is 15.2 Å². The van der Waals surface area contributed by atoms with Gasteiger partial charge in [0.15, 0.2) is 5.13 Å². The molecule has 28 heavy (non-hydrogen) atoms. The first kappa shape index (κ1) is 18.3. The molecule has 0 aromatic carbocycles. The maximum atomic E-state index is 12.3. The Labute approximate surface area is 166 Å². The molecule has 4 rings (SSSR count). The third-order valence-electron chi connectivity index (χ3n) is 4.74. The van der Waals surface area contributed by atoms with Crippen molar-refractivity contribution in [2.45, 2.75) is 19.3 Å². The van der Waals surface area contributed by atoms with Crippen LogP contribution in [0.25, 0.3) is 6.08 Å². The van der Waals surface area contributed by atoms with E-state index in [0.29, 0.717) is 5.92 Å². The molecule has 1 fully saturated rings. The fourth-order valence-electron chi connectivity index (χ4n) is 3.25. The van der Waals surface area contributed by atoms with Crippen molar-refractivity contribution < 1.29 is 4.79 Å². The van der Waals surface area contributed by atoms with Crippen molar-refractivity contribution in [1.29, 1.82) is 0 Å². The highest BCUT2D eigenvalue weighted by molar-refractivity contribution is 7.13. The number of carbonyl (C=O) groups is 1. The Balaban J connectivity index is 1.28. The number of amides is 1. The lowest BCUT2D eigenvalue weighted by atomic mass is 9.92. The Morgan fingerprint density at radius 2 is 2.21 bits per heavy atom. The van der Waals surface area contributed by atoms with Crippen LogP contribution in [0, 0.1) is 5.92 Å². The molecule has 1 saturated heterocycles. The van der Waals surface area contributed by atoms with Crippen molar-refractivity contribution in [2.24, 2.45) is 5.92 Å². The number of nitrogens with one attached hydrogen (secondary N) is 2. The van der Waals surface area contributed by atoms with E-state index in [9.17, 15) is 4.79 Å². The van der Waals surface area contributed by atoms with E-state index in [1.54, 1.807) is 37.2 Å². The lowest BCUT2D eigenvalue weighted by molar-refractivity contribution is -0.127. The van der Waals surface area contributed by atoms with Gasteiger partial charge in [0, 0.05) is 42.5 Å². The fourth-order valence-corrected chi connectivity index (χ4v) is 3.79. The van der Waals surface area contributed by atoms with Crippen LogP contribution in [-0.2, 0) is 11.2 Å². The standard InChI is InChI=1S/C19H21N7OS/c27-18(2-1-15-11-20-12-22-15)26-6-3-14(4-7-26)9-16-10-17(24-13-23-16)25-19-21-5-8-28-19/h1-2,5,8,10-14H,3-4,6-7,9H2,(H,20,22)(H,21,23,24,25)/b2-1+. The molecule has 0 atom stereocenters. The molecule has 1 aliphatic heterocycles. The van der Waals surface area contributed by atoms with Crippen LogP contribution in [0.15, 0.2) is 42.6 Å². The first-order valence-electron chi connectivity index (χ1n) is 9.19. The Morgan fingerprint density at radius 3 is 2.96 bits per heavy atom. The molecule has 144 valence electrons. The van der Waals surface area contributed by atoms with Crippen LogP contribution < -0.4 is 5.32 Å². The predicted molar refractivity (Wildman–Crippen MR) is 108 cm³/mol. The van der Waals surface area contributed by atoms with Crippen molar-refractivity contribution in [3.05, 3.63) is 54.0 Å². The maximum absolute atomic E-state index is 12.3. The van der Waals surface area contributed by atoms with Crippen LogP contribution in [0.3, 0.4) is 0 Å². The number of carbonyl (C=O) groups excluding carboxylic acids is 1. The highest BCUT2D eigenvalue weighted by Gasteiger charge is 2.22. The number of aromatic amines is 1. The van der Waals surface area contributed by atoms with Gasteiger partial charge in [-0.2, -0.15) is 0 Å². The van der Waals surface area contributed by atoms with E-state index in [4.69, 9.17) is 0 Å². The molecule has 0 bridgehead atoms. The van der Waals surface area contributed by atoms with Gasteiger partial charge in [0.2, 0.25) is 5.91 Å². The van der Waals surface area contributed by atoms with Crippen LogP contribution in [0.5, 0.6) is 0 Å². The Hall–Kier alpha value is -3.07. The lowest BCUT2D eigenvalue weighted by Gasteiger charge is -2.31. The molecule has 2 N–H and O–H groups in total. The molecule has 0 aliphatic carbocycles. The van der Waals surface area contributed by atoms with E-state index in [1.807, 2.05) is 16.3 Å². The summed E-state index contributed by atoms with van der Waals surface area (Å²) < 4.78 is 0. The highest BCUT2D eigenvalue weighted by Crippen LogP contribution is 2.23. The minimum absolute atomic E-state index is 0.0463. The maximum Gasteiger partial charge on any atom is 0.246 e. The zero-order valence-electron chi connectivity index (χ0n) is 15.3. The second-order valence-corrected chi connectivity index (χ2v) is 7.56. The number of thiazole rings is 1. The second-order valence-electron chi connectivity index (χ2n) is 6.67. The van der Waals surface area contributed by atoms with Crippen LogP contribution >= 0.6 is 11.3 Å². The summed E-state index contributed by atoms with van der Waals surface area (Å²) in [5.74, 6) is 1.32. The highest BCUT2D eigenvalue weighted by atomic mass is 32.1. The monoisotopic (exact) mass is 395 g/mol. The van der Waals surface area contributed by atoms with E-state index in [0.717, 1.165) is 54.7 Å². The smallest absolute Gasteiger partial charge is 0.246 e. The molecule has 3 aromatic heterocycles. The van der Waals surface area contributed by atoms with Crippen molar-refractivity contribution in [3.63, 3.8) is 0 Å². The van der Waals surface area contributed by atoms with Crippen LogP contribution in [-0.4, -0.2) is 48.8 Å². The Morgan fingerprint density at radius 1 is 1.32 bits per heavy atom. The number of imidazole rings is 1. The van der Waals surface area contributed by atoms with Crippen molar-refractivity contribution in [2.75, 3.05) is 18.4 Å². The van der Waals surface area contributed by atoms with E-state index < -0.39 is 0 Å². The van der Waals surface area contributed by atoms with Gasteiger partial charge >= 0.3 is 0 Å². The number of aromatic nitrogens is 5. The third-order valence-corrected chi connectivity index (χ3v) is 5.43. The normalized spacial score (nSPS) is 15.2. The van der Waals surface area contributed by atoms with Crippen molar-refractivity contribution in [3.8, 4) is 0 Å². The Bertz CT molecular complexity index is 916. The second kappa shape index (κ2) is 8.75. The lowest BCUT2D eigenvalue weighted by Crippen LogP contribution is -2.38. The van der Waals surface area contributed by atoms with Gasteiger partial charge in [0.25, 0.3) is 0 Å². The number of H-pyrrole nitrogens is 1. The number of rotatable bonds is 6. The average molecular weight is 395 g/mol. The molecule has 0 spiro atoms. The number of likely N-dealkylation sites (tertiary alicyclic amines) is 1. The number of piperidine rings is 1. The zero-order valence-corrected chi connectivity index (χ0v) is 16.1. The molecule has 3 aromatic rings. The van der Waals surface area contributed by atoms with E-state index >= 15 is 0 Å². The molecular formula is C19H21N7OS. The van der Waals surface area contributed by atoms with Gasteiger partial charge in [-0.15, -0.1) is 11.3 Å². The average Bonchev–Trinajstić information content (AvgIpc) is 3.41. The van der Waals surface area contributed by atoms with Gasteiger partial charge in [-0.3, -0.25) is 4.79 Å². The SMILES string of the molecule is O=C(/C=C/c1cnc[nH]1)N1CCC(Cc2cc(Nc3nccs3)ncn2)CC1. The number of hydrogen-bond donors (Lipinski definition) is 2. The van der Waals surface area contributed by atoms with Crippen molar-refractivity contribution >= 4 is 34.3 Å². The van der Waals surface area contributed by atoms with Crippen LogP contribution in [0.4, 0.5) is 10.9 Å². The largest absolute Gasteiger partial charge is 0.345 e. The molecule has 0 unspecified atom stereocenters. The first-order chi connectivity index (χ1) is 13.8. The summed E-state index contributed by atoms with van der Waals surface area (Å²) in [4.78, 5) is 34.0. The molecule has 4 heterocycles. The number of anilines is 2. The molecular weight excluding hydrogens is 374 g/mol. The summed E-state index contributed by atoms with van der Waals surface area (Å²) in [7, 11) is 0. The Kier molecular flexibility index (Phi) is 5.72. The third kappa shape index (κ3) is 4.80. The summed E-state index contributed by atoms with van der Waals surface area (Å²) in [5.41, 5.74) is 1.84. The van der Waals surface area contributed by atoms with Crippen molar-refractivity contribution in [1.82, 2.24) is 29.8 Å². The minimum atomic E-state index is 0.0463. The number of hydrogen-bond acceptors (Lipinski definition) is 7. The summed E-state index contributed by atoms with van der Waals surface area (Å²) in [6.45, 7) is 1.54. The molecule has 9 heteroatoms. The summed E-state index contributed by atoms with van der Waals surface area (Å²) in [6.07, 6.45) is 12.8. The van der Waals surface area contributed by atoms with Gasteiger partial charge in [0.1, 0.15) is 12.1 Å². The summed E-state index contributed by atoms with van der Waals surface area (Å²) in [6, 6.07) is 1.98. The van der Waals surface area contributed by atoms with Crippen LogP contribution in [0.1, 0.15) is 24.2 Å². The molecule has 0 radical (unpaired) electrons. The van der Waals surface area contributed by atoms with Gasteiger partial charge in [0.05, 0.1) is 18.2 Å². The van der Waals surface area contributed by atoms with E-state index in [-0.39, 0.29) is 5.91 Å². The topological polar surface area (TPSA) is 99.7 Å². The van der Waals surface area contributed by atoms with Crippen LogP contribution in [0.2, 0.25) is 0 Å². The molecule has 8 nitrogen and oxygen atoms in total. The summed E-state index contributed by atoms with van der Waals surface area (Å²) in [5, 5.41) is 5.94. The van der Waals surface area contributed by atoms with E-state index in [1.165, 1.54) is 11.3 Å². The number of nitrogens with zero attached hydrogens (tertiary/aromatic N) is 5. The zero-order chi connectivity index (χ0) is 19.2. The van der Waals surface area contributed by atoms with E-state index in [2.05, 4.69) is 30.2 Å². The molecule has 1 aliphatic rings. The quantitative estimate of drug-likeness (QED) is 0.623. The molecule has 0 saturated carbocycles.